The Morgan fingerprint density at radius 1 is 1.17 bits per heavy atom. The first-order chi connectivity index (χ1) is 13.9. The lowest BCUT2D eigenvalue weighted by Crippen LogP contribution is -2.48. The molecule has 2 aromatic rings. The Balaban J connectivity index is 1.66. The lowest BCUT2D eigenvalue weighted by Gasteiger charge is -2.35. The van der Waals surface area contributed by atoms with Crippen LogP contribution in [0.15, 0.2) is 42.5 Å². The number of hydrogen-bond acceptors (Lipinski definition) is 5. The molecule has 0 radical (unpaired) electrons. The van der Waals surface area contributed by atoms with Crippen LogP contribution < -0.4 is 14.4 Å². The largest absolute Gasteiger partial charge is 0.494 e. The van der Waals surface area contributed by atoms with Gasteiger partial charge in [-0.25, -0.2) is 0 Å². The summed E-state index contributed by atoms with van der Waals surface area (Å²) in [5.41, 5.74) is 1.58. The van der Waals surface area contributed by atoms with Gasteiger partial charge in [0.1, 0.15) is 11.5 Å². The third-order valence-electron chi connectivity index (χ3n) is 4.88. The lowest BCUT2D eigenvalue weighted by molar-refractivity contribution is -0.384. The highest BCUT2D eigenvalue weighted by Crippen LogP contribution is 2.38. The van der Waals surface area contributed by atoms with Crippen LogP contribution in [-0.4, -0.2) is 30.1 Å². The van der Waals surface area contributed by atoms with Gasteiger partial charge in [-0.2, -0.15) is 0 Å². The molecule has 0 bridgehead atoms. The van der Waals surface area contributed by atoms with E-state index in [1.807, 2.05) is 45.0 Å². The van der Waals surface area contributed by atoms with E-state index in [1.54, 1.807) is 11.0 Å². The monoisotopic (exact) mass is 398 g/mol. The topological polar surface area (TPSA) is 81.9 Å². The number of anilines is 1. The van der Waals surface area contributed by atoms with Gasteiger partial charge in [0.2, 0.25) is 0 Å². The van der Waals surface area contributed by atoms with Gasteiger partial charge in [0.15, 0.2) is 6.10 Å². The molecule has 0 fully saturated rings. The molecule has 0 aromatic heterocycles. The summed E-state index contributed by atoms with van der Waals surface area (Å²) in [4.78, 5) is 25.2. The zero-order valence-electron chi connectivity index (χ0n) is 17.0. The summed E-state index contributed by atoms with van der Waals surface area (Å²) in [6.45, 7) is 6.86. The van der Waals surface area contributed by atoms with Crippen molar-refractivity contribution in [2.45, 2.75) is 39.7 Å². The molecule has 2 aromatic carbocycles. The van der Waals surface area contributed by atoms with Crippen molar-refractivity contribution in [1.29, 1.82) is 0 Å². The number of rotatable bonds is 8. The van der Waals surface area contributed by atoms with E-state index < -0.39 is 11.0 Å². The second-order valence-corrected chi connectivity index (χ2v) is 7.55. The van der Waals surface area contributed by atoms with Gasteiger partial charge in [-0.3, -0.25) is 14.9 Å². The maximum atomic E-state index is 12.9. The van der Waals surface area contributed by atoms with Crippen LogP contribution in [0.5, 0.6) is 11.5 Å². The van der Waals surface area contributed by atoms with Crippen molar-refractivity contribution < 1.29 is 19.2 Å². The second kappa shape index (κ2) is 8.94. The Kier molecular flexibility index (Phi) is 6.36. The zero-order valence-corrected chi connectivity index (χ0v) is 17.0. The molecule has 0 aliphatic carbocycles. The van der Waals surface area contributed by atoms with Gasteiger partial charge in [0.25, 0.3) is 11.6 Å². The van der Waals surface area contributed by atoms with Gasteiger partial charge in [-0.1, -0.05) is 31.5 Å². The van der Waals surface area contributed by atoms with Crippen LogP contribution in [-0.2, 0) is 4.79 Å². The molecule has 29 heavy (non-hydrogen) atoms. The normalized spacial score (nSPS) is 15.8. The van der Waals surface area contributed by atoms with Crippen LogP contribution in [0.3, 0.4) is 0 Å². The minimum atomic E-state index is -0.590. The molecule has 1 heterocycles. The van der Waals surface area contributed by atoms with E-state index in [0.717, 1.165) is 12.2 Å². The number of nitro benzene ring substituents is 1. The van der Waals surface area contributed by atoms with Gasteiger partial charge in [0.05, 0.1) is 17.2 Å². The van der Waals surface area contributed by atoms with Crippen LogP contribution in [0.4, 0.5) is 11.4 Å². The van der Waals surface area contributed by atoms with Gasteiger partial charge >= 0.3 is 0 Å². The number of benzene rings is 2. The van der Waals surface area contributed by atoms with Crippen molar-refractivity contribution in [3.8, 4) is 11.5 Å². The number of unbranched alkanes of at least 4 members (excludes halogenated alkanes) is 1. The molecule has 154 valence electrons. The number of nitro groups is 1. The number of aryl methyl sites for hydroxylation is 1. The summed E-state index contributed by atoms with van der Waals surface area (Å²) in [5, 5.41) is 11.1. The van der Waals surface area contributed by atoms with Gasteiger partial charge in [-0.15, -0.1) is 0 Å². The minimum absolute atomic E-state index is 0.00165. The molecular weight excluding hydrogens is 372 g/mol. The summed E-state index contributed by atoms with van der Waals surface area (Å²) < 4.78 is 11.6. The van der Waals surface area contributed by atoms with E-state index in [1.165, 1.54) is 17.7 Å². The Bertz CT molecular complexity index is 879. The fourth-order valence-corrected chi connectivity index (χ4v) is 3.24. The number of carbonyl (C=O) groups excluding carboxylic acids is 1. The van der Waals surface area contributed by atoms with Gasteiger partial charge in [0, 0.05) is 18.7 Å². The Labute approximate surface area is 170 Å². The first kappa shape index (κ1) is 20.6. The molecule has 1 aliphatic rings. The Hall–Kier alpha value is -3.09. The smallest absolute Gasteiger partial charge is 0.271 e. The summed E-state index contributed by atoms with van der Waals surface area (Å²) in [6, 6.07) is 12.2. The van der Waals surface area contributed by atoms with E-state index in [-0.39, 0.29) is 17.5 Å². The first-order valence-corrected chi connectivity index (χ1v) is 9.83. The fourth-order valence-electron chi connectivity index (χ4n) is 3.24. The van der Waals surface area contributed by atoms with Crippen LogP contribution in [0.25, 0.3) is 0 Å². The minimum Gasteiger partial charge on any atom is -0.494 e. The average molecular weight is 398 g/mol. The molecule has 1 amide bonds. The number of amides is 1. The molecule has 1 atom stereocenters. The van der Waals surface area contributed by atoms with Crippen molar-refractivity contribution in [1.82, 2.24) is 0 Å². The number of non-ortho nitro benzene ring substituents is 1. The number of fused-ring (bicyclic) bond motifs is 1. The molecule has 7 heteroatoms. The van der Waals surface area contributed by atoms with Crippen LogP contribution >= 0.6 is 0 Å². The molecule has 0 saturated heterocycles. The maximum absolute atomic E-state index is 12.9. The predicted molar refractivity (Wildman–Crippen MR) is 111 cm³/mol. The molecule has 7 nitrogen and oxygen atoms in total. The number of ether oxygens (including phenoxy) is 2. The van der Waals surface area contributed by atoms with Crippen LogP contribution in [0.1, 0.15) is 32.3 Å². The zero-order chi connectivity index (χ0) is 21.0. The highest BCUT2D eigenvalue weighted by molar-refractivity contribution is 6.00. The fraction of sp³-hybridized carbons (Fsp3) is 0.409. The number of nitrogens with zero attached hydrogens (tertiary/aromatic N) is 2. The van der Waals surface area contributed by atoms with Crippen molar-refractivity contribution in [2.24, 2.45) is 5.92 Å². The molecular formula is C22H26N2O5. The van der Waals surface area contributed by atoms with Crippen molar-refractivity contribution in [3.63, 3.8) is 0 Å². The summed E-state index contributed by atoms with van der Waals surface area (Å²) in [7, 11) is 0. The van der Waals surface area contributed by atoms with Crippen molar-refractivity contribution in [3.05, 3.63) is 58.1 Å². The molecule has 0 N–H and O–H groups in total. The van der Waals surface area contributed by atoms with Gasteiger partial charge < -0.3 is 14.4 Å². The van der Waals surface area contributed by atoms with E-state index in [4.69, 9.17) is 9.47 Å². The van der Waals surface area contributed by atoms with E-state index in [9.17, 15) is 14.9 Å². The standard InChI is InChI=1S/C22H26N2O5/c1-15(2)21-22(25)23(19-14-17(24(26)27)8-11-20(19)29-21)12-4-5-13-28-18-9-6-16(3)7-10-18/h6-11,14-15,21H,4-5,12-13H2,1-3H3. The van der Waals surface area contributed by atoms with E-state index in [2.05, 4.69) is 0 Å². The lowest BCUT2D eigenvalue weighted by atomic mass is 10.0. The van der Waals surface area contributed by atoms with Crippen LogP contribution in [0.2, 0.25) is 0 Å². The molecule has 0 spiro atoms. The van der Waals surface area contributed by atoms with Crippen LogP contribution in [0, 0.1) is 23.0 Å². The predicted octanol–water partition coefficient (Wildman–Crippen LogP) is 4.51. The van der Waals surface area contributed by atoms with E-state index >= 15 is 0 Å². The maximum Gasteiger partial charge on any atom is 0.271 e. The highest BCUT2D eigenvalue weighted by atomic mass is 16.6. The SMILES string of the molecule is Cc1ccc(OCCCCN2C(=O)C(C(C)C)Oc3ccc([N+](=O)[O-])cc32)cc1. The van der Waals surface area contributed by atoms with Crippen molar-refractivity contribution >= 4 is 17.3 Å². The molecule has 1 aliphatic heterocycles. The summed E-state index contributed by atoms with van der Waals surface area (Å²) >= 11 is 0. The molecule has 0 saturated carbocycles. The number of carbonyl (C=O) groups is 1. The Morgan fingerprint density at radius 3 is 2.55 bits per heavy atom. The summed E-state index contributed by atoms with van der Waals surface area (Å²) in [5.74, 6) is 1.16. The van der Waals surface area contributed by atoms with E-state index in [0.29, 0.717) is 31.0 Å². The van der Waals surface area contributed by atoms with Crippen molar-refractivity contribution in [2.75, 3.05) is 18.1 Å². The molecule has 3 rings (SSSR count). The summed E-state index contributed by atoms with van der Waals surface area (Å²) in [6.07, 6.45) is 0.882. The number of hydrogen-bond donors (Lipinski definition) is 0. The quantitative estimate of drug-likeness (QED) is 0.371. The third kappa shape index (κ3) is 4.85. The van der Waals surface area contributed by atoms with Gasteiger partial charge in [-0.05, 0) is 43.9 Å². The second-order valence-electron chi connectivity index (χ2n) is 7.55. The average Bonchev–Trinajstić information content (AvgIpc) is 2.69. The highest BCUT2D eigenvalue weighted by Gasteiger charge is 2.36. The first-order valence-electron chi connectivity index (χ1n) is 9.83. The Morgan fingerprint density at radius 2 is 1.90 bits per heavy atom. The third-order valence-corrected chi connectivity index (χ3v) is 4.88. The molecule has 1 unspecified atom stereocenters.